The van der Waals surface area contributed by atoms with Gasteiger partial charge in [0.25, 0.3) is 11.1 Å². The van der Waals surface area contributed by atoms with Gasteiger partial charge in [0.1, 0.15) is 6.54 Å². The quantitative estimate of drug-likeness (QED) is 0.921. The Morgan fingerprint density at radius 3 is 2.87 bits per heavy atom. The van der Waals surface area contributed by atoms with E-state index in [1.54, 1.807) is 11.9 Å². The Morgan fingerprint density at radius 2 is 2.04 bits per heavy atom. The molecule has 1 aliphatic carbocycles. The number of H-pyrrole nitrogens is 1. The van der Waals surface area contributed by atoms with Crippen LogP contribution in [-0.4, -0.2) is 27.6 Å². The number of aromatic amines is 1. The number of aryl methyl sites for hydroxylation is 1. The first-order valence-electron chi connectivity index (χ1n) is 7.70. The molecule has 0 bridgehead atoms. The molecule has 0 unspecified atom stereocenters. The average molecular weight is 313 g/mol. The van der Waals surface area contributed by atoms with Crippen LogP contribution >= 0.6 is 0 Å². The fraction of sp³-hybridized carbons (Fsp3) is 0.353. The molecule has 1 aromatic heterocycles. The summed E-state index contributed by atoms with van der Waals surface area (Å²) in [6.07, 6.45) is 2.96. The van der Waals surface area contributed by atoms with Crippen LogP contribution in [0.4, 0.5) is 0 Å². The number of hydrogen-bond acceptors (Lipinski definition) is 3. The SMILES string of the molecule is CN(C(=O)Cn1[nH]c(=O)ccc1=O)[C@H]1CCCc2ccccc21. The van der Waals surface area contributed by atoms with Crippen LogP contribution < -0.4 is 11.1 Å². The summed E-state index contributed by atoms with van der Waals surface area (Å²) in [7, 11) is 1.75. The summed E-state index contributed by atoms with van der Waals surface area (Å²) >= 11 is 0. The average Bonchev–Trinajstić information content (AvgIpc) is 2.57. The Bertz CT molecular complexity index is 837. The fourth-order valence-corrected chi connectivity index (χ4v) is 3.13. The van der Waals surface area contributed by atoms with Gasteiger partial charge in [0.2, 0.25) is 5.91 Å². The van der Waals surface area contributed by atoms with Crippen molar-refractivity contribution in [1.82, 2.24) is 14.7 Å². The molecule has 0 fully saturated rings. The van der Waals surface area contributed by atoms with Gasteiger partial charge >= 0.3 is 0 Å². The van der Waals surface area contributed by atoms with Crippen molar-refractivity contribution in [2.75, 3.05) is 7.05 Å². The van der Waals surface area contributed by atoms with Crippen LogP contribution in [0.15, 0.2) is 46.0 Å². The van der Waals surface area contributed by atoms with Gasteiger partial charge in [-0.15, -0.1) is 0 Å². The van der Waals surface area contributed by atoms with Crippen molar-refractivity contribution >= 4 is 5.91 Å². The van der Waals surface area contributed by atoms with Gasteiger partial charge in [0.15, 0.2) is 0 Å². The summed E-state index contributed by atoms with van der Waals surface area (Å²) in [6, 6.07) is 10.5. The third-order valence-corrected chi connectivity index (χ3v) is 4.38. The van der Waals surface area contributed by atoms with Crippen LogP contribution in [0.25, 0.3) is 0 Å². The van der Waals surface area contributed by atoms with Gasteiger partial charge in [-0.05, 0) is 30.4 Å². The van der Waals surface area contributed by atoms with Crippen LogP contribution in [0.3, 0.4) is 0 Å². The zero-order valence-electron chi connectivity index (χ0n) is 13.0. The highest BCUT2D eigenvalue weighted by Gasteiger charge is 2.26. The molecular formula is C17H19N3O3. The Morgan fingerprint density at radius 1 is 1.26 bits per heavy atom. The van der Waals surface area contributed by atoms with Gasteiger partial charge < -0.3 is 4.90 Å². The van der Waals surface area contributed by atoms with Crippen molar-refractivity contribution in [2.45, 2.75) is 31.8 Å². The number of carbonyl (C=O) groups excluding carboxylic acids is 1. The Balaban J connectivity index is 1.82. The highest BCUT2D eigenvalue weighted by molar-refractivity contribution is 5.76. The number of rotatable bonds is 3. The molecule has 1 amide bonds. The van der Waals surface area contributed by atoms with Gasteiger partial charge in [-0.25, -0.2) is 4.68 Å². The van der Waals surface area contributed by atoms with Crippen LogP contribution in [-0.2, 0) is 17.8 Å². The molecule has 1 aliphatic rings. The summed E-state index contributed by atoms with van der Waals surface area (Å²) in [4.78, 5) is 37.3. The predicted octanol–water partition coefficient (Wildman–Crippen LogP) is 1.07. The maximum atomic E-state index is 12.5. The van der Waals surface area contributed by atoms with E-state index in [4.69, 9.17) is 0 Å². The maximum Gasteiger partial charge on any atom is 0.265 e. The van der Waals surface area contributed by atoms with Crippen molar-refractivity contribution in [1.29, 1.82) is 0 Å². The minimum Gasteiger partial charge on any atom is -0.337 e. The van der Waals surface area contributed by atoms with Crippen molar-refractivity contribution < 1.29 is 4.79 Å². The molecule has 2 aromatic rings. The minimum absolute atomic E-state index is 0.0126. The lowest BCUT2D eigenvalue weighted by Crippen LogP contribution is -2.39. The summed E-state index contributed by atoms with van der Waals surface area (Å²) in [6.45, 7) is -0.163. The first kappa shape index (κ1) is 15.3. The van der Waals surface area contributed by atoms with Crippen molar-refractivity contribution in [3.8, 4) is 0 Å². The number of likely N-dealkylation sites (N-methyl/N-ethyl adjacent to an activating group) is 1. The van der Waals surface area contributed by atoms with E-state index >= 15 is 0 Å². The van der Waals surface area contributed by atoms with Crippen molar-refractivity contribution in [2.24, 2.45) is 0 Å². The lowest BCUT2D eigenvalue weighted by molar-refractivity contribution is -0.133. The van der Waals surface area contributed by atoms with Crippen LogP contribution in [0, 0.1) is 0 Å². The normalized spacial score (nSPS) is 16.7. The maximum absolute atomic E-state index is 12.5. The number of nitrogens with zero attached hydrogens (tertiary/aromatic N) is 2. The lowest BCUT2D eigenvalue weighted by Gasteiger charge is -2.33. The zero-order chi connectivity index (χ0) is 16.4. The van der Waals surface area contributed by atoms with Crippen LogP contribution in [0.1, 0.15) is 30.0 Å². The number of carbonyl (C=O) groups is 1. The molecule has 3 rings (SSSR count). The molecule has 0 aliphatic heterocycles. The van der Waals surface area contributed by atoms with Gasteiger partial charge in [-0.2, -0.15) is 0 Å². The molecule has 6 nitrogen and oxygen atoms in total. The lowest BCUT2D eigenvalue weighted by atomic mass is 9.87. The Labute approximate surface area is 133 Å². The van der Waals surface area contributed by atoms with Gasteiger partial charge in [0.05, 0.1) is 6.04 Å². The van der Waals surface area contributed by atoms with Gasteiger partial charge in [0, 0.05) is 19.2 Å². The molecule has 120 valence electrons. The molecule has 1 atom stereocenters. The number of nitrogens with one attached hydrogen (secondary N) is 1. The monoisotopic (exact) mass is 313 g/mol. The third-order valence-electron chi connectivity index (χ3n) is 4.38. The number of fused-ring (bicyclic) bond motifs is 1. The highest BCUT2D eigenvalue weighted by Crippen LogP contribution is 2.33. The largest absolute Gasteiger partial charge is 0.337 e. The molecular weight excluding hydrogens is 294 g/mol. The smallest absolute Gasteiger partial charge is 0.265 e. The second kappa shape index (κ2) is 6.24. The van der Waals surface area contributed by atoms with E-state index < -0.39 is 11.1 Å². The molecule has 6 heteroatoms. The Kier molecular flexibility index (Phi) is 4.14. The molecule has 23 heavy (non-hydrogen) atoms. The second-order valence-corrected chi connectivity index (χ2v) is 5.85. The molecule has 0 saturated heterocycles. The third kappa shape index (κ3) is 3.11. The van der Waals surface area contributed by atoms with E-state index in [-0.39, 0.29) is 18.5 Å². The van der Waals surface area contributed by atoms with Crippen molar-refractivity contribution in [3.05, 3.63) is 68.2 Å². The fourth-order valence-electron chi connectivity index (χ4n) is 3.13. The summed E-state index contributed by atoms with van der Waals surface area (Å²) in [5.74, 6) is -0.198. The second-order valence-electron chi connectivity index (χ2n) is 5.85. The topological polar surface area (TPSA) is 75.2 Å². The van der Waals surface area contributed by atoms with Gasteiger partial charge in [-0.3, -0.25) is 19.5 Å². The molecule has 1 heterocycles. The van der Waals surface area contributed by atoms with E-state index in [0.717, 1.165) is 30.0 Å². The molecule has 0 saturated carbocycles. The van der Waals surface area contributed by atoms with Crippen LogP contribution in [0.5, 0.6) is 0 Å². The summed E-state index contributed by atoms with van der Waals surface area (Å²) in [5.41, 5.74) is 1.65. The minimum atomic E-state index is -0.400. The van der Waals surface area contributed by atoms with E-state index in [9.17, 15) is 14.4 Å². The standard InChI is InChI=1S/C17H19N3O3/c1-19(14-8-4-6-12-5-2-3-7-13(12)14)17(23)11-20-16(22)10-9-15(21)18-20/h2-3,5,7,9-10,14H,4,6,8,11H2,1H3,(H,18,21)/t14-/m0/s1. The van der Waals surface area contributed by atoms with E-state index in [1.165, 1.54) is 17.2 Å². The first-order chi connectivity index (χ1) is 11.1. The molecule has 1 N–H and O–H groups in total. The van der Waals surface area contributed by atoms with E-state index in [2.05, 4.69) is 17.2 Å². The zero-order valence-corrected chi connectivity index (χ0v) is 13.0. The molecule has 1 aromatic carbocycles. The van der Waals surface area contributed by atoms with Gasteiger partial charge in [-0.1, -0.05) is 24.3 Å². The number of benzene rings is 1. The summed E-state index contributed by atoms with van der Waals surface area (Å²) in [5, 5.41) is 2.38. The van der Waals surface area contributed by atoms with E-state index in [1.807, 2.05) is 12.1 Å². The number of aromatic nitrogens is 2. The van der Waals surface area contributed by atoms with Crippen LogP contribution in [0.2, 0.25) is 0 Å². The number of amides is 1. The summed E-state index contributed by atoms with van der Waals surface area (Å²) < 4.78 is 1.05. The van der Waals surface area contributed by atoms with E-state index in [0.29, 0.717) is 0 Å². The molecule has 0 spiro atoms. The Hall–Kier alpha value is -2.63. The highest BCUT2D eigenvalue weighted by atomic mass is 16.2. The number of hydrogen-bond donors (Lipinski definition) is 1. The molecule has 0 radical (unpaired) electrons. The predicted molar refractivity (Wildman–Crippen MR) is 86.2 cm³/mol. The first-order valence-corrected chi connectivity index (χ1v) is 7.70. The van der Waals surface area contributed by atoms with Crippen molar-refractivity contribution in [3.63, 3.8) is 0 Å².